The van der Waals surface area contributed by atoms with E-state index in [-0.39, 0.29) is 47.9 Å². The van der Waals surface area contributed by atoms with Crippen molar-refractivity contribution in [2.24, 2.45) is 23.7 Å². The number of allylic oxidation sites excluding steroid dienone is 2. The molecule has 0 aromatic carbocycles. The van der Waals surface area contributed by atoms with E-state index < -0.39 is 0 Å². The molecule has 120 valence electrons. The lowest BCUT2D eigenvalue weighted by Gasteiger charge is -2.17. The number of carbonyl (C=O) groups excluding carboxylic acids is 3. The van der Waals surface area contributed by atoms with Gasteiger partial charge in [-0.3, -0.25) is 19.3 Å². The fraction of sp³-hybridized carbons (Fsp3) is 0.471. The zero-order valence-electron chi connectivity index (χ0n) is 12.8. The second-order valence-electron chi connectivity index (χ2n) is 6.52. The Morgan fingerprint density at radius 3 is 2.48 bits per heavy atom. The minimum absolute atomic E-state index is 0.0570. The van der Waals surface area contributed by atoms with E-state index in [9.17, 15) is 14.4 Å². The standard InChI is InChI=1S/C17H18N2O3S/c1-9-4-7-23-14(9)15(20)18-5-6-19-16(21)12-10-2-3-11(8-10)13(12)17(19)22/h2-4,7,10-13H,5-6,8H2,1H3,(H,18,20). The Kier molecular flexibility index (Phi) is 3.37. The minimum atomic E-state index is -0.159. The summed E-state index contributed by atoms with van der Waals surface area (Å²) in [6.07, 6.45) is 5.11. The molecule has 0 radical (unpaired) electrons. The predicted octanol–water partition coefficient (Wildman–Crippen LogP) is 1.59. The summed E-state index contributed by atoms with van der Waals surface area (Å²) in [5, 5.41) is 4.68. The van der Waals surface area contributed by atoms with Crippen molar-refractivity contribution in [1.29, 1.82) is 0 Å². The van der Waals surface area contributed by atoms with E-state index in [0.717, 1.165) is 12.0 Å². The Bertz CT molecular complexity index is 693. The number of nitrogens with one attached hydrogen (secondary N) is 1. The van der Waals surface area contributed by atoms with Gasteiger partial charge in [0.1, 0.15) is 0 Å². The van der Waals surface area contributed by atoms with Crippen LogP contribution in [0.2, 0.25) is 0 Å². The van der Waals surface area contributed by atoms with Gasteiger partial charge >= 0.3 is 0 Å². The maximum Gasteiger partial charge on any atom is 0.261 e. The number of likely N-dealkylation sites (tertiary alicyclic amines) is 1. The Labute approximate surface area is 138 Å². The largest absolute Gasteiger partial charge is 0.350 e. The van der Waals surface area contributed by atoms with Crippen molar-refractivity contribution in [3.8, 4) is 0 Å². The zero-order valence-corrected chi connectivity index (χ0v) is 13.6. The van der Waals surface area contributed by atoms with Gasteiger partial charge in [-0.15, -0.1) is 11.3 Å². The molecule has 1 N–H and O–H groups in total. The fourth-order valence-corrected chi connectivity index (χ4v) is 4.99. The summed E-state index contributed by atoms with van der Waals surface area (Å²) in [5.41, 5.74) is 0.943. The van der Waals surface area contributed by atoms with E-state index in [0.29, 0.717) is 11.4 Å². The highest BCUT2D eigenvalue weighted by Crippen LogP contribution is 2.52. The first-order valence-corrected chi connectivity index (χ1v) is 8.81. The van der Waals surface area contributed by atoms with Crippen molar-refractivity contribution >= 4 is 29.1 Å². The molecule has 2 heterocycles. The second kappa shape index (κ2) is 5.30. The number of fused-ring (bicyclic) bond motifs is 5. The van der Waals surface area contributed by atoms with Gasteiger partial charge in [-0.25, -0.2) is 0 Å². The molecule has 23 heavy (non-hydrogen) atoms. The first kappa shape index (κ1) is 14.6. The number of amides is 3. The summed E-state index contributed by atoms with van der Waals surface area (Å²) in [4.78, 5) is 39.1. The molecule has 1 aromatic heterocycles. The molecule has 4 unspecified atom stereocenters. The zero-order chi connectivity index (χ0) is 16.1. The first-order chi connectivity index (χ1) is 11.1. The fourth-order valence-electron chi connectivity index (χ4n) is 4.15. The Morgan fingerprint density at radius 2 is 1.91 bits per heavy atom. The molecular weight excluding hydrogens is 312 g/mol. The highest BCUT2D eigenvalue weighted by Gasteiger charge is 2.58. The number of carbonyl (C=O) groups is 3. The Hall–Kier alpha value is -1.95. The van der Waals surface area contributed by atoms with E-state index in [1.165, 1.54) is 16.2 Å². The van der Waals surface area contributed by atoms with Gasteiger partial charge in [0.2, 0.25) is 11.8 Å². The van der Waals surface area contributed by atoms with Crippen molar-refractivity contribution in [2.75, 3.05) is 13.1 Å². The molecule has 1 aliphatic heterocycles. The van der Waals surface area contributed by atoms with E-state index in [1.807, 2.05) is 18.4 Å². The van der Waals surface area contributed by atoms with Gasteiger partial charge in [-0.2, -0.15) is 0 Å². The average Bonchev–Trinajstić information content (AvgIpc) is 3.27. The van der Waals surface area contributed by atoms with Crippen LogP contribution in [0.4, 0.5) is 0 Å². The second-order valence-corrected chi connectivity index (χ2v) is 7.43. The molecule has 0 spiro atoms. The lowest BCUT2D eigenvalue weighted by atomic mass is 9.85. The van der Waals surface area contributed by atoms with Crippen molar-refractivity contribution in [3.63, 3.8) is 0 Å². The molecule has 1 aromatic rings. The van der Waals surface area contributed by atoms with Crippen LogP contribution < -0.4 is 5.32 Å². The molecule has 1 saturated heterocycles. The minimum Gasteiger partial charge on any atom is -0.350 e. The lowest BCUT2D eigenvalue weighted by Crippen LogP contribution is -2.39. The predicted molar refractivity (Wildman–Crippen MR) is 85.8 cm³/mol. The summed E-state index contributed by atoms with van der Waals surface area (Å²) < 4.78 is 0. The van der Waals surface area contributed by atoms with Gasteiger partial charge in [-0.1, -0.05) is 12.2 Å². The summed E-state index contributed by atoms with van der Waals surface area (Å²) in [6.45, 7) is 2.46. The van der Waals surface area contributed by atoms with Crippen molar-refractivity contribution in [1.82, 2.24) is 10.2 Å². The molecule has 2 fully saturated rings. The van der Waals surface area contributed by atoms with Gasteiger partial charge in [0.25, 0.3) is 5.91 Å². The number of aryl methyl sites for hydroxylation is 1. The van der Waals surface area contributed by atoms with Crippen molar-refractivity contribution < 1.29 is 14.4 Å². The maximum atomic E-state index is 12.5. The Morgan fingerprint density at radius 1 is 1.26 bits per heavy atom. The highest BCUT2D eigenvalue weighted by atomic mass is 32.1. The molecular formula is C17H18N2O3S. The van der Waals surface area contributed by atoms with Crippen LogP contribution in [-0.4, -0.2) is 35.7 Å². The monoisotopic (exact) mass is 330 g/mol. The molecule has 3 amide bonds. The van der Waals surface area contributed by atoms with Crippen molar-refractivity contribution in [2.45, 2.75) is 13.3 Å². The molecule has 5 nitrogen and oxygen atoms in total. The summed E-state index contributed by atoms with van der Waals surface area (Å²) in [5.74, 6) is -0.111. The van der Waals surface area contributed by atoms with E-state index in [4.69, 9.17) is 0 Å². The number of imide groups is 1. The number of nitrogens with zero attached hydrogens (tertiary/aromatic N) is 1. The van der Waals surface area contributed by atoms with Crippen LogP contribution in [0.25, 0.3) is 0 Å². The van der Waals surface area contributed by atoms with Crippen LogP contribution in [-0.2, 0) is 9.59 Å². The summed E-state index contributed by atoms with van der Waals surface area (Å²) >= 11 is 1.40. The molecule has 1 saturated carbocycles. The lowest BCUT2D eigenvalue weighted by molar-refractivity contribution is -0.140. The third-order valence-electron chi connectivity index (χ3n) is 5.25. The van der Waals surface area contributed by atoms with Gasteiger partial charge in [-0.05, 0) is 42.2 Å². The Balaban J connectivity index is 1.37. The smallest absolute Gasteiger partial charge is 0.261 e. The number of thiophene rings is 1. The molecule has 3 aliphatic rings. The molecule has 4 atom stereocenters. The quantitative estimate of drug-likeness (QED) is 0.673. The molecule has 6 heteroatoms. The normalized spacial score (nSPS) is 31.1. The molecule has 2 aliphatic carbocycles. The molecule has 4 rings (SSSR count). The summed E-state index contributed by atoms with van der Waals surface area (Å²) in [7, 11) is 0. The van der Waals surface area contributed by atoms with Crippen LogP contribution in [0.1, 0.15) is 21.7 Å². The van der Waals surface area contributed by atoms with Crippen LogP contribution in [0.5, 0.6) is 0 Å². The van der Waals surface area contributed by atoms with Gasteiger partial charge in [0.05, 0.1) is 16.7 Å². The average molecular weight is 330 g/mol. The van der Waals surface area contributed by atoms with Crippen molar-refractivity contribution in [3.05, 3.63) is 34.0 Å². The van der Waals surface area contributed by atoms with E-state index in [1.54, 1.807) is 0 Å². The third kappa shape index (κ3) is 2.16. The first-order valence-electron chi connectivity index (χ1n) is 7.94. The van der Waals surface area contributed by atoms with Crippen LogP contribution in [0, 0.1) is 30.6 Å². The molecule has 2 bridgehead atoms. The highest BCUT2D eigenvalue weighted by molar-refractivity contribution is 7.12. The third-order valence-corrected chi connectivity index (χ3v) is 6.27. The van der Waals surface area contributed by atoms with Crippen LogP contribution in [0.15, 0.2) is 23.6 Å². The van der Waals surface area contributed by atoms with E-state index in [2.05, 4.69) is 17.5 Å². The maximum absolute atomic E-state index is 12.5. The van der Waals surface area contributed by atoms with Gasteiger partial charge < -0.3 is 5.32 Å². The topological polar surface area (TPSA) is 66.5 Å². The van der Waals surface area contributed by atoms with E-state index >= 15 is 0 Å². The SMILES string of the molecule is Cc1ccsc1C(=O)NCCN1C(=O)C2C3C=CC(C3)C2C1=O. The van der Waals surface area contributed by atoms with Crippen LogP contribution in [0.3, 0.4) is 0 Å². The number of hydrogen-bond acceptors (Lipinski definition) is 4. The van der Waals surface area contributed by atoms with Gasteiger partial charge in [0, 0.05) is 13.1 Å². The van der Waals surface area contributed by atoms with Gasteiger partial charge in [0.15, 0.2) is 0 Å². The summed E-state index contributed by atoms with van der Waals surface area (Å²) in [6, 6.07) is 1.90. The number of rotatable bonds is 4. The van der Waals surface area contributed by atoms with Crippen LogP contribution >= 0.6 is 11.3 Å². The number of hydrogen-bond donors (Lipinski definition) is 1.